The summed E-state index contributed by atoms with van der Waals surface area (Å²) in [6.45, 7) is -0.173. The van der Waals surface area contributed by atoms with E-state index < -0.39 is 23.8 Å². The molecule has 0 spiro atoms. The molecule has 26 heavy (non-hydrogen) atoms. The van der Waals surface area contributed by atoms with Gasteiger partial charge in [-0.25, -0.2) is 13.2 Å². The zero-order chi connectivity index (χ0) is 18.7. The van der Waals surface area contributed by atoms with E-state index >= 15 is 0 Å². The molecule has 3 rings (SSSR count). The van der Waals surface area contributed by atoms with Crippen molar-refractivity contribution in [2.75, 3.05) is 7.11 Å². The fraction of sp³-hybridized carbons (Fsp3) is 0.222. The number of H-pyrrole nitrogens is 1. The lowest BCUT2D eigenvalue weighted by molar-refractivity contribution is 0.0936. The summed E-state index contributed by atoms with van der Waals surface area (Å²) >= 11 is 0. The largest absolute Gasteiger partial charge is 0.497 e. The van der Waals surface area contributed by atoms with Gasteiger partial charge in [0.15, 0.2) is 0 Å². The number of alkyl halides is 2. The number of aromatic amines is 1. The predicted molar refractivity (Wildman–Crippen MR) is 90.9 cm³/mol. The van der Waals surface area contributed by atoms with E-state index in [1.54, 1.807) is 24.3 Å². The lowest BCUT2D eigenvalue weighted by atomic mass is 10.1. The van der Waals surface area contributed by atoms with E-state index in [-0.39, 0.29) is 17.8 Å². The van der Waals surface area contributed by atoms with E-state index in [0.717, 1.165) is 6.07 Å². The summed E-state index contributed by atoms with van der Waals surface area (Å²) in [5.74, 6) is -0.230. The molecule has 0 radical (unpaired) electrons. The first-order valence-corrected chi connectivity index (χ1v) is 7.81. The second-order valence-electron chi connectivity index (χ2n) is 5.64. The molecule has 0 saturated carbocycles. The van der Waals surface area contributed by atoms with E-state index in [0.29, 0.717) is 16.7 Å². The number of pyridine rings is 2. The topological polar surface area (TPSA) is 67.0 Å². The second kappa shape index (κ2) is 7.57. The smallest absolute Gasteiger partial charge is 0.259 e. The Morgan fingerprint density at radius 3 is 2.77 bits per heavy atom. The summed E-state index contributed by atoms with van der Waals surface area (Å²) in [6, 6.07) is 7.46. The van der Waals surface area contributed by atoms with Gasteiger partial charge in [-0.2, -0.15) is 0 Å². The Balaban J connectivity index is 1.88. The Hall–Kier alpha value is -2.87. The van der Waals surface area contributed by atoms with Crippen molar-refractivity contribution in [2.45, 2.75) is 19.0 Å². The molecule has 0 aliphatic carbocycles. The summed E-state index contributed by atoms with van der Waals surface area (Å²) in [4.78, 5) is 18.5. The highest BCUT2D eigenvalue weighted by Gasteiger charge is 2.26. The van der Waals surface area contributed by atoms with Crippen molar-refractivity contribution in [1.29, 1.82) is 0 Å². The van der Waals surface area contributed by atoms with Gasteiger partial charge in [0.25, 0.3) is 12.0 Å². The monoisotopic (exact) mass is 363 g/mol. The zero-order valence-electron chi connectivity index (χ0n) is 13.8. The number of halogens is 3. The molecule has 2 aromatic heterocycles. The van der Waals surface area contributed by atoms with Crippen LogP contribution in [-0.4, -0.2) is 23.5 Å². The summed E-state index contributed by atoms with van der Waals surface area (Å²) < 4.78 is 45.6. The van der Waals surface area contributed by atoms with Gasteiger partial charge in [0.1, 0.15) is 17.6 Å². The Morgan fingerprint density at radius 1 is 1.27 bits per heavy atom. The predicted octanol–water partition coefficient (Wildman–Crippen LogP) is 3.17. The molecule has 0 fully saturated rings. The quantitative estimate of drug-likeness (QED) is 0.706. The van der Waals surface area contributed by atoms with Crippen LogP contribution >= 0.6 is 0 Å². The number of hydrogen-bond donors (Lipinski definition) is 2. The number of benzene rings is 1. The molecule has 2 N–H and O–H groups in total. The van der Waals surface area contributed by atoms with Crippen molar-refractivity contribution < 1.29 is 17.9 Å². The Kier molecular flexibility index (Phi) is 5.22. The van der Waals surface area contributed by atoms with Crippen molar-refractivity contribution in [3.63, 3.8) is 0 Å². The number of fused-ring (bicyclic) bond motifs is 1. The fourth-order valence-corrected chi connectivity index (χ4v) is 2.64. The molecule has 0 bridgehead atoms. The van der Waals surface area contributed by atoms with E-state index in [1.165, 1.54) is 19.4 Å². The molecule has 2 heterocycles. The highest BCUT2D eigenvalue weighted by molar-refractivity contribution is 5.80. The highest BCUT2D eigenvalue weighted by Crippen LogP contribution is 2.22. The molecule has 0 saturated heterocycles. The van der Waals surface area contributed by atoms with Crippen LogP contribution in [0.2, 0.25) is 0 Å². The van der Waals surface area contributed by atoms with Crippen LogP contribution in [0.25, 0.3) is 10.9 Å². The van der Waals surface area contributed by atoms with Gasteiger partial charge in [0.05, 0.1) is 12.8 Å². The summed E-state index contributed by atoms with van der Waals surface area (Å²) in [5.41, 5.74) is 0.0412. The van der Waals surface area contributed by atoms with Crippen molar-refractivity contribution in [3.05, 3.63) is 70.0 Å². The average Bonchev–Trinajstić information content (AvgIpc) is 2.63. The molecule has 5 nitrogen and oxygen atoms in total. The minimum atomic E-state index is -2.89. The third-order valence-electron chi connectivity index (χ3n) is 3.97. The molecule has 0 amide bonds. The molecule has 3 aromatic rings. The highest BCUT2D eigenvalue weighted by atomic mass is 19.3. The zero-order valence-corrected chi connectivity index (χ0v) is 13.8. The first-order chi connectivity index (χ1) is 12.5. The van der Waals surface area contributed by atoms with Gasteiger partial charge in [-0.05, 0) is 36.4 Å². The van der Waals surface area contributed by atoms with Gasteiger partial charge in [-0.3, -0.25) is 15.1 Å². The molecule has 0 aliphatic rings. The van der Waals surface area contributed by atoms with Gasteiger partial charge in [0, 0.05) is 29.2 Å². The number of aromatic nitrogens is 2. The van der Waals surface area contributed by atoms with Crippen molar-refractivity contribution in [1.82, 2.24) is 15.3 Å². The molecular formula is C18H16F3N3O2. The molecule has 1 atom stereocenters. The Labute approximate surface area is 146 Å². The fourth-order valence-electron chi connectivity index (χ4n) is 2.64. The SMILES string of the molecule is COc1ccc2[nH]c(=O)c(CNC(c3ncccc3F)C(F)F)cc2c1. The lowest BCUT2D eigenvalue weighted by Crippen LogP contribution is -2.30. The van der Waals surface area contributed by atoms with E-state index in [4.69, 9.17) is 4.74 Å². The average molecular weight is 363 g/mol. The first kappa shape index (κ1) is 17.9. The summed E-state index contributed by atoms with van der Waals surface area (Å²) in [6.07, 6.45) is -1.65. The maximum absolute atomic E-state index is 13.8. The van der Waals surface area contributed by atoms with Gasteiger partial charge in [-0.1, -0.05) is 0 Å². The van der Waals surface area contributed by atoms with Crippen LogP contribution < -0.4 is 15.6 Å². The molecule has 0 aliphatic heterocycles. The van der Waals surface area contributed by atoms with Crippen molar-refractivity contribution >= 4 is 10.9 Å². The molecule has 1 aromatic carbocycles. The standard InChI is InChI=1S/C18H16F3N3O2/c1-26-12-4-5-14-10(8-12)7-11(18(25)24-14)9-23-16(17(20)21)15-13(19)3-2-6-22-15/h2-8,16-17,23H,9H2,1H3,(H,24,25). The number of hydrogen-bond acceptors (Lipinski definition) is 4. The molecule has 1 unspecified atom stereocenters. The maximum Gasteiger partial charge on any atom is 0.259 e. The number of rotatable bonds is 6. The van der Waals surface area contributed by atoms with Crippen LogP contribution in [-0.2, 0) is 6.54 Å². The Bertz CT molecular complexity index is 975. The van der Waals surface area contributed by atoms with Gasteiger partial charge in [0.2, 0.25) is 0 Å². The van der Waals surface area contributed by atoms with Crippen LogP contribution in [0.4, 0.5) is 13.2 Å². The Morgan fingerprint density at radius 2 is 2.08 bits per heavy atom. The van der Waals surface area contributed by atoms with Crippen molar-refractivity contribution in [2.24, 2.45) is 0 Å². The number of methoxy groups -OCH3 is 1. The molecule has 136 valence electrons. The van der Waals surface area contributed by atoms with Crippen LogP contribution in [0.1, 0.15) is 17.3 Å². The third-order valence-corrected chi connectivity index (χ3v) is 3.97. The number of nitrogens with one attached hydrogen (secondary N) is 2. The van der Waals surface area contributed by atoms with E-state index in [1.807, 2.05) is 0 Å². The molecule has 8 heteroatoms. The van der Waals surface area contributed by atoms with Crippen LogP contribution in [0.3, 0.4) is 0 Å². The normalized spacial score (nSPS) is 12.5. The third kappa shape index (κ3) is 3.70. The number of nitrogens with zero attached hydrogens (tertiary/aromatic N) is 1. The van der Waals surface area contributed by atoms with E-state index in [2.05, 4.69) is 15.3 Å². The van der Waals surface area contributed by atoms with Crippen LogP contribution in [0.15, 0.2) is 47.4 Å². The molecular weight excluding hydrogens is 347 g/mol. The van der Waals surface area contributed by atoms with Gasteiger partial charge < -0.3 is 9.72 Å². The van der Waals surface area contributed by atoms with Crippen molar-refractivity contribution in [3.8, 4) is 5.75 Å². The van der Waals surface area contributed by atoms with E-state index in [9.17, 15) is 18.0 Å². The summed E-state index contributed by atoms with van der Waals surface area (Å²) in [5, 5.41) is 3.22. The van der Waals surface area contributed by atoms with Gasteiger partial charge >= 0.3 is 0 Å². The minimum absolute atomic E-state index is 0.173. The summed E-state index contributed by atoms with van der Waals surface area (Å²) in [7, 11) is 1.52. The number of ether oxygens (including phenoxy) is 1. The van der Waals surface area contributed by atoms with Gasteiger partial charge in [-0.15, -0.1) is 0 Å². The minimum Gasteiger partial charge on any atom is -0.497 e. The first-order valence-electron chi connectivity index (χ1n) is 7.81. The maximum atomic E-state index is 13.8. The van der Waals surface area contributed by atoms with Crippen LogP contribution in [0, 0.1) is 5.82 Å². The lowest BCUT2D eigenvalue weighted by Gasteiger charge is -2.18. The van der Waals surface area contributed by atoms with Crippen LogP contribution in [0.5, 0.6) is 5.75 Å². The second-order valence-corrected chi connectivity index (χ2v) is 5.64.